The topological polar surface area (TPSA) is 77.2 Å². The van der Waals surface area contributed by atoms with Crippen molar-refractivity contribution in [3.8, 4) is 0 Å². The zero-order chi connectivity index (χ0) is 15.4. The number of nitrogens with one attached hydrogen (secondary N) is 1. The summed E-state index contributed by atoms with van der Waals surface area (Å²) in [4.78, 5) is 16.6. The van der Waals surface area contributed by atoms with Crippen molar-refractivity contribution >= 4 is 22.5 Å². The van der Waals surface area contributed by atoms with Crippen LogP contribution in [0.15, 0.2) is 30.5 Å². The van der Waals surface area contributed by atoms with Crippen molar-refractivity contribution in [1.29, 1.82) is 0 Å². The quantitative estimate of drug-likeness (QED) is 0.884. The average molecular weight is 287 g/mol. The largest absolute Gasteiger partial charge is 0.383 e. The van der Waals surface area contributed by atoms with E-state index in [1.165, 1.54) is 6.20 Å². The van der Waals surface area contributed by atoms with E-state index in [1.807, 2.05) is 38.1 Å². The molecule has 1 heterocycles. The zero-order valence-electron chi connectivity index (χ0n) is 12.6. The molecule has 0 saturated heterocycles. The number of carbonyl (C=O) groups excluding carboxylic acids is 1. The minimum absolute atomic E-state index is 0.0428. The van der Waals surface area contributed by atoms with Crippen molar-refractivity contribution in [3.05, 3.63) is 36.0 Å². The van der Waals surface area contributed by atoms with E-state index in [0.29, 0.717) is 18.0 Å². The second kappa shape index (κ2) is 6.54. The average Bonchev–Trinajstić information content (AvgIpc) is 2.47. The van der Waals surface area contributed by atoms with Crippen LogP contribution in [0.1, 0.15) is 24.2 Å². The molecule has 0 radical (unpaired) electrons. The fourth-order valence-electron chi connectivity index (χ4n) is 2.22. The van der Waals surface area contributed by atoms with Gasteiger partial charge in [-0.1, -0.05) is 38.1 Å². The van der Waals surface area contributed by atoms with E-state index >= 15 is 0 Å². The van der Waals surface area contributed by atoms with Crippen molar-refractivity contribution in [3.63, 3.8) is 0 Å². The van der Waals surface area contributed by atoms with E-state index < -0.39 is 0 Å². The van der Waals surface area contributed by atoms with Gasteiger partial charge in [-0.25, -0.2) is 4.98 Å². The first kappa shape index (κ1) is 15.3. The summed E-state index contributed by atoms with van der Waals surface area (Å²) in [6, 6.07) is 7.46. The second-order valence-corrected chi connectivity index (χ2v) is 5.38. The Morgan fingerprint density at radius 2 is 2.00 bits per heavy atom. The van der Waals surface area contributed by atoms with Crippen LogP contribution in [0.3, 0.4) is 0 Å². The number of nitrogens with zero attached hydrogens (tertiary/aromatic N) is 1. The minimum Gasteiger partial charge on any atom is -0.383 e. The molecule has 5 nitrogen and oxygen atoms in total. The molecular formula is C16H21N3O2. The van der Waals surface area contributed by atoms with E-state index in [1.54, 1.807) is 7.11 Å². The van der Waals surface area contributed by atoms with Crippen LogP contribution in [0, 0.1) is 5.92 Å². The molecule has 0 aliphatic rings. The summed E-state index contributed by atoms with van der Waals surface area (Å²) in [6.07, 6.45) is 1.52. The molecule has 0 aliphatic carbocycles. The summed E-state index contributed by atoms with van der Waals surface area (Å²) in [5, 5.41) is 4.60. The fourth-order valence-corrected chi connectivity index (χ4v) is 2.22. The van der Waals surface area contributed by atoms with Gasteiger partial charge in [-0.05, 0) is 11.3 Å². The van der Waals surface area contributed by atoms with Crippen LogP contribution in [0.2, 0.25) is 0 Å². The smallest absolute Gasteiger partial charge is 0.253 e. The predicted octanol–water partition coefficient (Wildman–Crippen LogP) is 2.22. The number of rotatable bonds is 5. The maximum atomic E-state index is 12.5. The molecule has 0 aliphatic heterocycles. The van der Waals surface area contributed by atoms with Crippen LogP contribution in [0.4, 0.5) is 5.82 Å². The lowest BCUT2D eigenvalue weighted by molar-refractivity contribution is 0.0868. The Kier molecular flexibility index (Phi) is 4.75. The first-order chi connectivity index (χ1) is 10.0. The third kappa shape index (κ3) is 3.31. The molecule has 1 unspecified atom stereocenters. The first-order valence-corrected chi connectivity index (χ1v) is 6.97. The molecule has 1 atom stereocenters. The van der Waals surface area contributed by atoms with Gasteiger partial charge in [0.05, 0.1) is 18.2 Å². The molecule has 2 aromatic rings. The van der Waals surface area contributed by atoms with Crippen molar-refractivity contribution in [2.75, 3.05) is 19.5 Å². The zero-order valence-corrected chi connectivity index (χ0v) is 12.6. The lowest BCUT2D eigenvalue weighted by Crippen LogP contribution is -2.41. The summed E-state index contributed by atoms with van der Waals surface area (Å²) in [7, 11) is 1.63. The van der Waals surface area contributed by atoms with Gasteiger partial charge in [0.1, 0.15) is 5.82 Å². The number of aromatic nitrogens is 1. The number of nitrogens with two attached hydrogens (primary N) is 1. The monoisotopic (exact) mass is 287 g/mol. The van der Waals surface area contributed by atoms with Crippen molar-refractivity contribution < 1.29 is 9.53 Å². The SMILES string of the molecule is COCC(NC(=O)c1cnc(N)c2ccccc12)C(C)C. The van der Waals surface area contributed by atoms with Crippen LogP contribution >= 0.6 is 0 Å². The molecule has 0 saturated carbocycles. The van der Waals surface area contributed by atoms with Gasteiger partial charge in [0, 0.05) is 18.7 Å². The number of methoxy groups -OCH3 is 1. The molecule has 3 N–H and O–H groups in total. The van der Waals surface area contributed by atoms with E-state index in [2.05, 4.69) is 10.3 Å². The standard InChI is InChI=1S/C16H21N3O2/c1-10(2)14(9-21-3)19-16(20)13-8-18-15(17)12-7-5-4-6-11(12)13/h4-8,10,14H,9H2,1-3H3,(H2,17,18)(H,19,20). The molecular weight excluding hydrogens is 266 g/mol. The Morgan fingerprint density at radius 3 is 2.62 bits per heavy atom. The van der Waals surface area contributed by atoms with Gasteiger partial charge in [-0.2, -0.15) is 0 Å². The molecule has 0 spiro atoms. The number of pyridine rings is 1. The minimum atomic E-state index is -0.158. The molecule has 1 amide bonds. The number of nitrogen functional groups attached to an aromatic ring is 1. The number of anilines is 1. The van der Waals surface area contributed by atoms with Gasteiger partial charge in [0.15, 0.2) is 0 Å². The summed E-state index contributed by atoms with van der Waals surface area (Å²) in [5.74, 6) is 0.552. The summed E-state index contributed by atoms with van der Waals surface area (Å²) in [5.41, 5.74) is 6.39. The Balaban J connectivity index is 2.33. The Morgan fingerprint density at radius 1 is 1.33 bits per heavy atom. The van der Waals surface area contributed by atoms with Crippen molar-refractivity contribution in [2.24, 2.45) is 5.92 Å². The van der Waals surface area contributed by atoms with Crippen LogP contribution in [0.5, 0.6) is 0 Å². The third-order valence-corrected chi connectivity index (χ3v) is 3.54. The van der Waals surface area contributed by atoms with E-state index in [-0.39, 0.29) is 17.9 Å². The summed E-state index contributed by atoms with van der Waals surface area (Å²) in [6.45, 7) is 4.57. The van der Waals surface area contributed by atoms with Crippen LogP contribution in [-0.4, -0.2) is 30.6 Å². The number of amides is 1. The van der Waals surface area contributed by atoms with Crippen molar-refractivity contribution in [2.45, 2.75) is 19.9 Å². The Hall–Kier alpha value is -2.14. The maximum Gasteiger partial charge on any atom is 0.253 e. The molecule has 1 aromatic heterocycles. The number of benzene rings is 1. The third-order valence-electron chi connectivity index (χ3n) is 3.54. The molecule has 0 bridgehead atoms. The highest BCUT2D eigenvalue weighted by atomic mass is 16.5. The molecule has 5 heteroatoms. The van der Waals surface area contributed by atoms with Crippen LogP contribution in [0.25, 0.3) is 10.8 Å². The summed E-state index contributed by atoms with van der Waals surface area (Å²) >= 11 is 0. The normalized spacial score (nSPS) is 12.6. The lowest BCUT2D eigenvalue weighted by Gasteiger charge is -2.21. The lowest BCUT2D eigenvalue weighted by atomic mass is 10.0. The van der Waals surface area contributed by atoms with Gasteiger partial charge in [0.2, 0.25) is 0 Å². The summed E-state index contributed by atoms with van der Waals surface area (Å²) < 4.78 is 5.16. The van der Waals surface area contributed by atoms with E-state index in [0.717, 1.165) is 10.8 Å². The highest BCUT2D eigenvalue weighted by molar-refractivity contribution is 6.09. The molecule has 0 fully saturated rings. The van der Waals surface area contributed by atoms with E-state index in [9.17, 15) is 4.79 Å². The highest BCUT2D eigenvalue weighted by Gasteiger charge is 2.19. The second-order valence-electron chi connectivity index (χ2n) is 5.38. The van der Waals surface area contributed by atoms with Crippen LogP contribution in [-0.2, 0) is 4.74 Å². The van der Waals surface area contributed by atoms with Gasteiger partial charge in [-0.15, -0.1) is 0 Å². The van der Waals surface area contributed by atoms with Gasteiger partial charge in [0.25, 0.3) is 5.91 Å². The fraction of sp³-hybridized carbons (Fsp3) is 0.375. The number of hydrogen-bond acceptors (Lipinski definition) is 4. The molecule has 2 rings (SSSR count). The van der Waals surface area contributed by atoms with Gasteiger partial charge < -0.3 is 15.8 Å². The van der Waals surface area contributed by atoms with E-state index in [4.69, 9.17) is 10.5 Å². The van der Waals surface area contributed by atoms with Gasteiger partial charge >= 0.3 is 0 Å². The number of carbonyl (C=O) groups is 1. The molecule has 112 valence electrons. The number of ether oxygens (including phenoxy) is 1. The molecule has 21 heavy (non-hydrogen) atoms. The highest BCUT2D eigenvalue weighted by Crippen LogP contribution is 2.22. The number of fused-ring (bicyclic) bond motifs is 1. The number of hydrogen-bond donors (Lipinski definition) is 2. The van der Waals surface area contributed by atoms with Crippen molar-refractivity contribution in [1.82, 2.24) is 10.3 Å². The Bertz CT molecular complexity index is 640. The molecule has 1 aromatic carbocycles. The first-order valence-electron chi connectivity index (χ1n) is 6.97. The van der Waals surface area contributed by atoms with Crippen LogP contribution < -0.4 is 11.1 Å². The van der Waals surface area contributed by atoms with Gasteiger partial charge in [-0.3, -0.25) is 4.79 Å². The Labute approximate surface area is 124 Å². The predicted molar refractivity (Wildman–Crippen MR) is 84.1 cm³/mol. The maximum absolute atomic E-state index is 12.5.